The molecule has 0 spiro atoms. The van der Waals surface area contributed by atoms with Gasteiger partial charge in [-0.25, -0.2) is 0 Å². The van der Waals surface area contributed by atoms with Crippen molar-refractivity contribution in [1.82, 2.24) is 5.32 Å². The minimum absolute atomic E-state index is 0.0664. The number of hydrogen-bond donors (Lipinski definition) is 2. The van der Waals surface area contributed by atoms with Gasteiger partial charge in [-0.2, -0.15) is 10.8 Å². The molecule has 6 nitrogen and oxygen atoms in total. The monoisotopic (exact) mass is 456 g/mol. The molecule has 1 unspecified atom stereocenters. The SMILES string of the molecule is CCCCNCC1CC(C2=C3C=NC=C[N+]3(N)C(c3cccc(OCc4ccccc4)c3)=N2)C1. The number of fused-ring (bicyclic) bond motifs is 1. The molecule has 1 aliphatic carbocycles. The highest BCUT2D eigenvalue weighted by atomic mass is 16.5. The van der Waals surface area contributed by atoms with Crippen molar-refractivity contribution in [2.45, 2.75) is 39.2 Å². The predicted octanol–water partition coefficient (Wildman–Crippen LogP) is 4.90. The number of nitrogens with two attached hydrogens (primary N) is 1. The Kier molecular flexibility index (Phi) is 6.72. The molecule has 1 fully saturated rings. The van der Waals surface area contributed by atoms with Crippen molar-refractivity contribution < 1.29 is 9.33 Å². The summed E-state index contributed by atoms with van der Waals surface area (Å²) in [6.07, 6.45) is 10.3. The lowest BCUT2D eigenvalue weighted by atomic mass is 9.73. The highest BCUT2D eigenvalue weighted by Crippen LogP contribution is 2.44. The zero-order chi connectivity index (χ0) is 23.4. The van der Waals surface area contributed by atoms with E-state index in [1.54, 1.807) is 6.20 Å². The zero-order valence-corrected chi connectivity index (χ0v) is 19.9. The van der Waals surface area contributed by atoms with E-state index in [1.807, 2.05) is 48.8 Å². The molecule has 2 aromatic carbocycles. The molecule has 6 heteroatoms. The van der Waals surface area contributed by atoms with Crippen LogP contribution in [0, 0.1) is 11.8 Å². The van der Waals surface area contributed by atoms with Crippen LogP contribution >= 0.6 is 0 Å². The molecule has 34 heavy (non-hydrogen) atoms. The lowest BCUT2D eigenvalue weighted by Gasteiger charge is -2.35. The summed E-state index contributed by atoms with van der Waals surface area (Å²) >= 11 is 0. The summed E-state index contributed by atoms with van der Waals surface area (Å²) in [4.78, 5) is 9.51. The number of unbranched alkanes of at least 4 members (excludes halogenated alkanes) is 1. The Morgan fingerprint density at radius 3 is 2.79 bits per heavy atom. The van der Waals surface area contributed by atoms with Gasteiger partial charge >= 0.3 is 0 Å². The topological polar surface area (TPSA) is 72.0 Å². The van der Waals surface area contributed by atoms with E-state index in [0.29, 0.717) is 18.4 Å². The van der Waals surface area contributed by atoms with Gasteiger partial charge in [-0.05, 0) is 62.0 Å². The van der Waals surface area contributed by atoms with Crippen LogP contribution in [0.2, 0.25) is 0 Å². The number of rotatable bonds is 10. The fourth-order valence-corrected chi connectivity index (χ4v) is 4.91. The molecule has 3 aliphatic rings. The van der Waals surface area contributed by atoms with Crippen molar-refractivity contribution in [1.29, 1.82) is 0 Å². The number of amidine groups is 1. The number of hydrogen-bond acceptors (Lipinski definition) is 5. The van der Waals surface area contributed by atoms with Crippen LogP contribution in [0.4, 0.5) is 0 Å². The van der Waals surface area contributed by atoms with Gasteiger partial charge in [0.25, 0.3) is 5.84 Å². The average molecular weight is 457 g/mol. The van der Waals surface area contributed by atoms with Crippen LogP contribution < -0.4 is 15.9 Å². The van der Waals surface area contributed by atoms with Crippen LogP contribution in [0.3, 0.4) is 0 Å². The van der Waals surface area contributed by atoms with Crippen LogP contribution in [0.5, 0.6) is 5.75 Å². The van der Waals surface area contributed by atoms with E-state index < -0.39 is 0 Å². The molecule has 2 aromatic rings. The summed E-state index contributed by atoms with van der Waals surface area (Å²) in [5.74, 6) is 9.70. The zero-order valence-electron chi connectivity index (χ0n) is 19.9. The van der Waals surface area contributed by atoms with Gasteiger partial charge in [0.15, 0.2) is 0 Å². The Bertz CT molecular complexity index is 1130. The third-order valence-electron chi connectivity index (χ3n) is 6.93. The standard InChI is InChI=1S/C28H34N5O/c1-2-3-12-30-18-22-15-24(16-22)27-26-19-31-13-14-33(26,29)28(32-27)23-10-7-11-25(17-23)34-20-21-8-5-4-6-9-21/h4-11,13-14,17,19,22,24,30H,2-3,12,15-16,18,20,29H2,1H3/q+1. The van der Waals surface area contributed by atoms with Crippen molar-refractivity contribution in [3.63, 3.8) is 0 Å². The first-order chi connectivity index (χ1) is 16.7. The summed E-state index contributed by atoms with van der Waals surface area (Å²) in [5, 5.41) is 3.60. The molecule has 0 bridgehead atoms. The van der Waals surface area contributed by atoms with Crippen molar-refractivity contribution in [3.05, 3.63) is 89.5 Å². The quantitative estimate of drug-likeness (QED) is 0.303. The van der Waals surface area contributed by atoms with Crippen LogP contribution in [-0.4, -0.2) is 29.7 Å². The van der Waals surface area contributed by atoms with Gasteiger partial charge in [0.2, 0.25) is 5.70 Å². The number of nitrogens with one attached hydrogen (secondary N) is 1. The molecular weight excluding hydrogens is 422 g/mol. The number of allylic oxidation sites excluding steroid dienone is 2. The van der Waals surface area contributed by atoms with E-state index in [9.17, 15) is 0 Å². The second-order valence-corrected chi connectivity index (χ2v) is 9.45. The molecule has 3 N–H and O–H groups in total. The maximum Gasteiger partial charge on any atom is 0.265 e. The molecule has 2 aliphatic heterocycles. The lowest BCUT2D eigenvalue weighted by molar-refractivity contribution is -0.750. The molecule has 0 amide bonds. The summed E-state index contributed by atoms with van der Waals surface area (Å²) in [6, 6.07) is 18.3. The van der Waals surface area contributed by atoms with Gasteiger partial charge in [-0.1, -0.05) is 49.7 Å². The smallest absolute Gasteiger partial charge is 0.265 e. The molecule has 5 rings (SSSR count). The molecule has 2 heterocycles. The number of benzene rings is 2. The van der Waals surface area contributed by atoms with Gasteiger partial charge in [0.1, 0.15) is 24.3 Å². The Morgan fingerprint density at radius 2 is 1.97 bits per heavy atom. The molecule has 176 valence electrons. The Morgan fingerprint density at radius 1 is 1.12 bits per heavy atom. The van der Waals surface area contributed by atoms with Gasteiger partial charge in [-0.15, -0.1) is 4.59 Å². The first-order valence-electron chi connectivity index (χ1n) is 12.4. The van der Waals surface area contributed by atoms with Crippen LogP contribution in [0.25, 0.3) is 0 Å². The summed E-state index contributed by atoms with van der Waals surface area (Å²) in [5.41, 5.74) is 4.18. The largest absolute Gasteiger partial charge is 0.489 e. The number of ether oxygens (including phenoxy) is 1. The van der Waals surface area contributed by atoms with E-state index in [4.69, 9.17) is 15.6 Å². The molecule has 0 radical (unpaired) electrons. The molecule has 1 atom stereocenters. The van der Waals surface area contributed by atoms with Crippen molar-refractivity contribution in [2.24, 2.45) is 27.7 Å². The predicted molar refractivity (Wildman–Crippen MR) is 137 cm³/mol. The van der Waals surface area contributed by atoms with Gasteiger partial charge in [-0.3, -0.25) is 4.99 Å². The Balaban J connectivity index is 1.31. The number of nitrogens with zero attached hydrogens (tertiary/aromatic N) is 3. The minimum Gasteiger partial charge on any atom is -0.489 e. The van der Waals surface area contributed by atoms with E-state index >= 15 is 0 Å². The van der Waals surface area contributed by atoms with E-state index in [0.717, 1.165) is 60.0 Å². The van der Waals surface area contributed by atoms with Crippen molar-refractivity contribution in [2.75, 3.05) is 13.1 Å². The van der Waals surface area contributed by atoms with Crippen molar-refractivity contribution in [3.8, 4) is 5.75 Å². The summed E-state index contributed by atoms with van der Waals surface area (Å²) < 4.78 is 6.14. The summed E-state index contributed by atoms with van der Waals surface area (Å²) in [7, 11) is 0. The third-order valence-corrected chi connectivity index (χ3v) is 6.93. The second-order valence-electron chi connectivity index (χ2n) is 9.45. The number of quaternary nitrogens is 1. The minimum atomic E-state index is 0.0664. The number of aliphatic imine (C=N–C) groups is 2. The van der Waals surface area contributed by atoms with E-state index in [1.165, 1.54) is 12.8 Å². The fourth-order valence-electron chi connectivity index (χ4n) is 4.91. The van der Waals surface area contributed by atoms with E-state index in [-0.39, 0.29) is 4.59 Å². The highest BCUT2D eigenvalue weighted by Gasteiger charge is 2.48. The lowest BCUT2D eigenvalue weighted by Crippen LogP contribution is -2.53. The Hall–Kier alpha value is -3.06. The fraction of sp³-hybridized carbons (Fsp3) is 0.357. The maximum atomic E-state index is 6.93. The summed E-state index contributed by atoms with van der Waals surface area (Å²) in [6.45, 7) is 4.95. The molecule has 0 aromatic heterocycles. The molecule has 1 saturated carbocycles. The first-order valence-corrected chi connectivity index (χ1v) is 12.4. The van der Waals surface area contributed by atoms with Gasteiger partial charge in [0.05, 0.1) is 18.0 Å². The van der Waals surface area contributed by atoms with Crippen LogP contribution in [0.15, 0.2) is 88.4 Å². The van der Waals surface area contributed by atoms with Crippen LogP contribution in [-0.2, 0) is 6.61 Å². The molecular formula is C28H34N5O+. The average Bonchev–Trinajstić information content (AvgIpc) is 3.15. The van der Waals surface area contributed by atoms with Crippen molar-refractivity contribution >= 4 is 12.1 Å². The van der Waals surface area contributed by atoms with Gasteiger partial charge < -0.3 is 10.1 Å². The maximum absolute atomic E-state index is 6.93. The van der Waals surface area contributed by atoms with E-state index in [2.05, 4.69) is 35.4 Å². The van der Waals surface area contributed by atoms with Crippen LogP contribution in [0.1, 0.15) is 43.7 Å². The normalized spacial score (nSPS) is 25.2. The highest BCUT2D eigenvalue weighted by molar-refractivity contribution is 6.00. The van der Waals surface area contributed by atoms with Gasteiger partial charge in [0, 0.05) is 5.92 Å². The Labute approximate surface area is 202 Å². The second kappa shape index (κ2) is 10.1. The third kappa shape index (κ3) is 4.62. The first kappa shape index (κ1) is 22.7. The molecule has 0 saturated heterocycles.